The molecule has 1 aliphatic rings. The van der Waals surface area contributed by atoms with Gasteiger partial charge in [0.05, 0.1) is 12.8 Å². The SMILES string of the molecule is O=c1ccn([C@@H]2O[C@H](COP(=O)(O)OP(=O)(O)OP(=O)(O)Cc3cccc4ccccc34)[C@H](O)C2O)c(=O)[nH]1. The number of H-pyrrole nitrogens is 1. The van der Waals surface area contributed by atoms with Crippen LogP contribution >= 0.6 is 23.2 Å². The molecule has 3 aromatic rings. The highest BCUT2D eigenvalue weighted by Gasteiger charge is 2.46. The first-order valence-corrected chi connectivity index (χ1v) is 15.8. The number of aliphatic hydroxyl groups is 2. The molecule has 1 aromatic heterocycles. The van der Waals surface area contributed by atoms with Crippen molar-refractivity contribution in [3.05, 3.63) is 81.1 Å². The Hall–Kier alpha value is -2.29. The topological polar surface area (TPSA) is 244 Å². The van der Waals surface area contributed by atoms with Crippen molar-refractivity contribution in [2.24, 2.45) is 0 Å². The van der Waals surface area contributed by atoms with Crippen molar-refractivity contribution >= 4 is 34.0 Å². The molecule has 7 atom stereocenters. The van der Waals surface area contributed by atoms with Gasteiger partial charge in [-0.15, -0.1) is 0 Å². The van der Waals surface area contributed by atoms with Gasteiger partial charge < -0.3 is 29.6 Å². The lowest BCUT2D eigenvalue weighted by Crippen LogP contribution is -2.37. The van der Waals surface area contributed by atoms with Crippen LogP contribution < -0.4 is 11.2 Å². The Morgan fingerprint density at radius 3 is 2.31 bits per heavy atom. The van der Waals surface area contributed by atoms with Crippen LogP contribution in [0.2, 0.25) is 0 Å². The fraction of sp³-hybridized carbons (Fsp3) is 0.300. The summed E-state index contributed by atoms with van der Waals surface area (Å²) in [5.41, 5.74) is -1.42. The maximum absolute atomic E-state index is 12.6. The van der Waals surface area contributed by atoms with Gasteiger partial charge in [-0.3, -0.25) is 23.4 Å². The van der Waals surface area contributed by atoms with Gasteiger partial charge in [0.25, 0.3) is 5.56 Å². The maximum Gasteiger partial charge on any atom is 0.488 e. The van der Waals surface area contributed by atoms with E-state index in [1.165, 1.54) is 6.07 Å². The van der Waals surface area contributed by atoms with Crippen LogP contribution in [0.25, 0.3) is 10.8 Å². The van der Waals surface area contributed by atoms with E-state index in [0.717, 1.165) is 22.2 Å². The largest absolute Gasteiger partial charge is 0.488 e. The second-order valence-electron chi connectivity index (χ2n) is 8.39. The van der Waals surface area contributed by atoms with E-state index in [-0.39, 0.29) is 0 Å². The summed E-state index contributed by atoms with van der Waals surface area (Å²) in [5, 5.41) is 21.7. The highest BCUT2D eigenvalue weighted by Crippen LogP contribution is 2.68. The summed E-state index contributed by atoms with van der Waals surface area (Å²) in [7, 11) is -16.1. The summed E-state index contributed by atoms with van der Waals surface area (Å²) in [5.74, 6) is 0. The van der Waals surface area contributed by atoms with Crippen molar-refractivity contribution in [2.75, 3.05) is 6.61 Å². The second kappa shape index (κ2) is 11.3. The van der Waals surface area contributed by atoms with Gasteiger partial charge in [-0.2, -0.15) is 4.31 Å². The van der Waals surface area contributed by atoms with Crippen molar-refractivity contribution < 1.29 is 56.5 Å². The quantitative estimate of drug-likeness (QED) is 0.176. The van der Waals surface area contributed by atoms with E-state index in [9.17, 15) is 48.2 Å². The third kappa shape index (κ3) is 7.27. The number of benzene rings is 2. The number of aromatic nitrogens is 2. The number of nitrogens with one attached hydrogen (secondary N) is 1. The average Bonchev–Trinajstić information content (AvgIpc) is 3.10. The molecule has 39 heavy (non-hydrogen) atoms. The van der Waals surface area contributed by atoms with Gasteiger partial charge in [-0.25, -0.2) is 18.2 Å². The summed E-state index contributed by atoms with van der Waals surface area (Å²) in [6.45, 7) is -1.01. The van der Waals surface area contributed by atoms with E-state index < -0.39 is 71.8 Å². The normalized spacial score (nSPS) is 26.1. The van der Waals surface area contributed by atoms with Crippen LogP contribution in [0.4, 0.5) is 0 Å². The summed E-state index contributed by atoms with van der Waals surface area (Å²) in [4.78, 5) is 55.0. The minimum Gasteiger partial charge on any atom is -0.387 e. The molecule has 2 aromatic carbocycles. The zero-order chi connectivity index (χ0) is 28.6. The number of aliphatic hydroxyl groups excluding tert-OH is 2. The number of aromatic amines is 1. The Labute approximate surface area is 218 Å². The van der Waals surface area contributed by atoms with Gasteiger partial charge in [-0.05, 0) is 16.3 Å². The van der Waals surface area contributed by atoms with Crippen molar-refractivity contribution in [1.82, 2.24) is 9.55 Å². The first kappa shape index (κ1) is 29.7. The maximum atomic E-state index is 12.6. The molecular formula is C20H23N2O14P3. The smallest absolute Gasteiger partial charge is 0.387 e. The number of ether oxygens (including phenoxy) is 1. The minimum absolute atomic E-state index is 0.296. The van der Waals surface area contributed by atoms with Crippen molar-refractivity contribution in [1.29, 1.82) is 0 Å². The lowest BCUT2D eigenvalue weighted by atomic mass is 10.1. The lowest BCUT2D eigenvalue weighted by Gasteiger charge is -2.20. The van der Waals surface area contributed by atoms with Gasteiger partial charge in [0.1, 0.15) is 18.3 Å². The molecule has 16 nitrogen and oxygen atoms in total. The van der Waals surface area contributed by atoms with Gasteiger partial charge in [0.2, 0.25) is 0 Å². The molecule has 1 fully saturated rings. The fourth-order valence-electron chi connectivity index (χ4n) is 3.90. The van der Waals surface area contributed by atoms with E-state index in [4.69, 9.17) is 4.74 Å². The van der Waals surface area contributed by atoms with Gasteiger partial charge in [-0.1, -0.05) is 42.5 Å². The van der Waals surface area contributed by atoms with Gasteiger partial charge >= 0.3 is 28.9 Å². The van der Waals surface area contributed by atoms with Gasteiger partial charge in [0, 0.05) is 12.3 Å². The Bertz CT molecular complexity index is 1620. The number of hydrogen-bond donors (Lipinski definition) is 6. The number of phosphoric acid groups is 2. The van der Waals surface area contributed by atoms with Crippen LogP contribution in [-0.2, 0) is 37.7 Å². The van der Waals surface area contributed by atoms with Crippen LogP contribution in [0.5, 0.6) is 0 Å². The van der Waals surface area contributed by atoms with E-state index >= 15 is 0 Å². The number of hydrogen-bond acceptors (Lipinski definition) is 11. The third-order valence-electron chi connectivity index (χ3n) is 5.55. The molecule has 2 heterocycles. The Morgan fingerprint density at radius 1 is 0.897 bits per heavy atom. The molecule has 4 unspecified atom stereocenters. The monoisotopic (exact) mass is 608 g/mol. The molecule has 0 spiro atoms. The second-order valence-corrected chi connectivity index (χ2v) is 13.4. The zero-order valence-corrected chi connectivity index (χ0v) is 22.3. The zero-order valence-electron chi connectivity index (χ0n) is 19.6. The van der Waals surface area contributed by atoms with Crippen molar-refractivity contribution in [3.63, 3.8) is 0 Å². The molecule has 212 valence electrons. The summed E-state index contributed by atoms with van der Waals surface area (Å²) >= 11 is 0. The molecule has 6 N–H and O–H groups in total. The number of fused-ring (bicyclic) bond motifs is 1. The van der Waals surface area contributed by atoms with Crippen molar-refractivity contribution in [2.45, 2.75) is 30.7 Å². The van der Waals surface area contributed by atoms with Crippen molar-refractivity contribution in [3.8, 4) is 0 Å². The number of nitrogens with zero attached hydrogens (tertiary/aromatic N) is 1. The third-order valence-corrected chi connectivity index (χ3v) is 10.3. The highest BCUT2D eigenvalue weighted by atomic mass is 31.3. The van der Waals surface area contributed by atoms with Crippen LogP contribution in [0.1, 0.15) is 11.8 Å². The molecule has 1 saturated heterocycles. The fourth-order valence-corrected chi connectivity index (χ4v) is 8.08. The lowest BCUT2D eigenvalue weighted by molar-refractivity contribution is -0.0542. The summed E-state index contributed by atoms with van der Waals surface area (Å²) < 4.78 is 56.1. The van der Waals surface area contributed by atoms with E-state index in [1.807, 2.05) is 4.98 Å². The standard InChI is InChI=1S/C20H23N2O14P3/c23-16-8-9-22(20(26)21-16)19-18(25)17(24)15(34-19)10-33-38(29,30)36-39(31,32)35-37(27,28)11-13-6-3-5-12-4-1-2-7-14(12)13/h1-9,15,17-19,24-25H,10-11H2,(H,27,28)(H,29,30)(H,31,32)(H,21,23,26)/t15-,17+,18?,19-/m1/s1. The molecule has 0 radical (unpaired) electrons. The molecule has 0 saturated carbocycles. The van der Waals surface area contributed by atoms with E-state index in [0.29, 0.717) is 10.9 Å². The average molecular weight is 608 g/mol. The molecular weight excluding hydrogens is 585 g/mol. The molecule has 19 heteroatoms. The van der Waals surface area contributed by atoms with E-state index in [1.54, 1.807) is 36.4 Å². The Balaban J connectivity index is 1.38. The molecule has 1 aliphatic heterocycles. The first-order chi connectivity index (χ1) is 18.2. The molecule has 0 amide bonds. The van der Waals surface area contributed by atoms with Crippen LogP contribution in [0, 0.1) is 0 Å². The number of rotatable bonds is 10. The van der Waals surface area contributed by atoms with Crippen LogP contribution in [-0.4, -0.2) is 59.4 Å². The molecule has 4 rings (SSSR count). The Kier molecular flexibility index (Phi) is 8.60. The predicted molar refractivity (Wildman–Crippen MR) is 132 cm³/mol. The highest BCUT2D eigenvalue weighted by molar-refractivity contribution is 7.68. The Morgan fingerprint density at radius 2 is 1.59 bits per heavy atom. The van der Waals surface area contributed by atoms with E-state index in [2.05, 4.69) is 13.1 Å². The predicted octanol–water partition coefficient (Wildman–Crippen LogP) is 0.945. The minimum atomic E-state index is -5.68. The van der Waals surface area contributed by atoms with Gasteiger partial charge in [0.15, 0.2) is 6.23 Å². The summed E-state index contributed by atoms with van der Waals surface area (Å²) in [6.07, 6.45) is -6.35. The van der Waals surface area contributed by atoms with Crippen LogP contribution in [0.15, 0.2) is 64.3 Å². The molecule has 0 bridgehead atoms. The number of phosphoric ester groups is 1. The summed E-state index contributed by atoms with van der Waals surface area (Å²) in [6, 6.07) is 12.6. The van der Waals surface area contributed by atoms with Crippen LogP contribution in [0.3, 0.4) is 0 Å². The first-order valence-electron chi connectivity index (χ1n) is 11.0. The molecule has 0 aliphatic carbocycles.